The molecule has 2 rings (SSSR count). The molecule has 0 amide bonds. The van der Waals surface area contributed by atoms with E-state index in [-0.39, 0.29) is 13.0 Å². The number of aryl methyl sites for hydroxylation is 2. The third-order valence-electron chi connectivity index (χ3n) is 3.64. The number of carbonyl (C=O) groups is 1. The summed E-state index contributed by atoms with van der Waals surface area (Å²) in [6.45, 7) is 6.28. The van der Waals surface area contributed by atoms with Gasteiger partial charge in [0.15, 0.2) is 0 Å². The number of hydrogen-bond donors (Lipinski definition) is 2. The summed E-state index contributed by atoms with van der Waals surface area (Å²) in [5.74, 6) is -0.273. The summed E-state index contributed by atoms with van der Waals surface area (Å²) in [4.78, 5) is 16.4. The third-order valence-corrected chi connectivity index (χ3v) is 3.64. The molecule has 6 heteroatoms. The highest BCUT2D eigenvalue weighted by Gasteiger charge is 2.46. The smallest absolute Gasteiger partial charge is 0.352 e. The average molecular weight is 292 g/mol. The van der Waals surface area contributed by atoms with Crippen molar-refractivity contribution in [3.8, 4) is 5.75 Å². The minimum atomic E-state index is -1.45. The largest absolute Gasteiger partial charge is 0.494 e. The monoisotopic (exact) mass is 292 g/mol. The summed E-state index contributed by atoms with van der Waals surface area (Å²) >= 11 is 0. The van der Waals surface area contributed by atoms with Gasteiger partial charge in [-0.15, -0.1) is 0 Å². The first-order valence-electron chi connectivity index (χ1n) is 6.86. The Morgan fingerprint density at radius 1 is 1.48 bits per heavy atom. The van der Waals surface area contributed by atoms with Crippen LogP contribution in [0.25, 0.3) is 0 Å². The highest BCUT2D eigenvalue weighted by molar-refractivity contribution is 6.05. The minimum absolute atomic E-state index is 0.121. The van der Waals surface area contributed by atoms with E-state index >= 15 is 0 Å². The molecule has 0 bridgehead atoms. The number of oxime groups is 1. The van der Waals surface area contributed by atoms with Gasteiger partial charge in [0.1, 0.15) is 5.75 Å². The van der Waals surface area contributed by atoms with Crippen molar-refractivity contribution in [2.45, 2.75) is 32.8 Å². The number of carboxylic acid groups (broad SMARTS) is 1. The number of nitrogens with two attached hydrogens (primary N) is 1. The van der Waals surface area contributed by atoms with Gasteiger partial charge >= 0.3 is 5.97 Å². The maximum absolute atomic E-state index is 11.3. The Bertz CT molecular complexity index is 598. The van der Waals surface area contributed by atoms with Crippen LogP contribution in [0, 0.1) is 13.8 Å². The van der Waals surface area contributed by atoms with E-state index in [4.69, 9.17) is 15.3 Å². The molecule has 3 N–H and O–H groups in total. The van der Waals surface area contributed by atoms with E-state index in [0.717, 1.165) is 22.4 Å². The van der Waals surface area contributed by atoms with Crippen LogP contribution in [0.15, 0.2) is 17.3 Å². The summed E-state index contributed by atoms with van der Waals surface area (Å²) in [5.41, 5.74) is 7.50. The molecule has 0 aromatic heterocycles. The summed E-state index contributed by atoms with van der Waals surface area (Å²) in [7, 11) is 0. The van der Waals surface area contributed by atoms with Crippen molar-refractivity contribution in [2.24, 2.45) is 10.9 Å². The molecule has 21 heavy (non-hydrogen) atoms. The fourth-order valence-corrected chi connectivity index (χ4v) is 2.34. The van der Waals surface area contributed by atoms with Crippen LogP contribution in [0.1, 0.15) is 30.0 Å². The van der Waals surface area contributed by atoms with E-state index in [2.05, 4.69) is 5.16 Å². The van der Waals surface area contributed by atoms with Crippen LogP contribution in [0.2, 0.25) is 0 Å². The molecule has 1 heterocycles. The molecule has 1 unspecified atom stereocenters. The predicted molar refractivity (Wildman–Crippen MR) is 78.7 cm³/mol. The quantitative estimate of drug-likeness (QED) is 0.859. The number of hydrogen-bond acceptors (Lipinski definition) is 5. The zero-order chi connectivity index (χ0) is 15.6. The van der Waals surface area contributed by atoms with Gasteiger partial charge in [0.25, 0.3) is 5.60 Å². The van der Waals surface area contributed by atoms with Gasteiger partial charge < -0.3 is 20.4 Å². The van der Waals surface area contributed by atoms with Crippen LogP contribution in [0.3, 0.4) is 0 Å². The summed E-state index contributed by atoms with van der Waals surface area (Å²) in [5, 5.41) is 13.2. The normalized spacial score (nSPS) is 20.9. The molecule has 0 radical (unpaired) electrons. The van der Waals surface area contributed by atoms with E-state index in [1.54, 1.807) is 0 Å². The lowest BCUT2D eigenvalue weighted by Gasteiger charge is -2.19. The van der Waals surface area contributed by atoms with E-state index in [1.165, 1.54) is 0 Å². The van der Waals surface area contributed by atoms with Gasteiger partial charge in [-0.25, -0.2) is 4.79 Å². The number of rotatable bonds is 5. The molecule has 1 aliphatic heterocycles. The minimum Gasteiger partial charge on any atom is -0.494 e. The Morgan fingerprint density at radius 3 is 2.71 bits per heavy atom. The molecule has 0 spiro atoms. The summed E-state index contributed by atoms with van der Waals surface area (Å²) in [6.07, 6.45) is 0.160. The van der Waals surface area contributed by atoms with Crippen molar-refractivity contribution < 1.29 is 19.5 Å². The van der Waals surface area contributed by atoms with Gasteiger partial charge in [-0.2, -0.15) is 0 Å². The predicted octanol–water partition coefficient (Wildman–Crippen LogP) is 1.61. The molecule has 114 valence electrons. The molecular formula is C15H20N2O4. The Morgan fingerprint density at radius 2 is 2.19 bits per heavy atom. The van der Waals surface area contributed by atoms with Crippen LogP contribution >= 0.6 is 0 Å². The van der Waals surface area contributed by atoms with Crippen molar-refractivity contribution in [3.05, 3.63) is 28.8 Å². The van der Waals surface area contributed by atoms with Gasteiger partial charge in [0.05, 0.1) is 12.3 Å². The number of ether oxygens (including phenoxy) is 1. The average Bonchev–Trinajstić information content (AvgIpc) is 2.88. The molecule has 1 aliphatic rings. The van der Waals surface area contributed by atoms with E-state index in [9.17, 15) is 9.90 Å². The van der Waals surface area contributed by atoms with Crippen molar-refractivity contribution in [3.63, 3.8) is 0 Å². The Hall–Kier alpha value is -2.08. The Balaban J connectivity index is 2.32. The number of nitrogens with zero attached hydrogens (tertiary/aromatic N) is 1. The molecule has 1 atom stereocenters. The zero-order valence-electron chi connectivity index (χ0n) is 12.5. The summed E-state index contributed by atoms with van der Waals surface area (Å²) < 4.78 is 5.55. The van der Waals surface area contributed by atoms with Crippen LogP contribution in [-0.4, -0.2) is 35.5 Å². The first kappa shape index (κ1) is 15.3. The second-order valence-electron chi connectivity index (χ2n) is 5.18. The van der Waals surface area contributed by atoms with Gasteiger partial charge in [-0.1, -0.05) is 5.16 Å². The highest BCUT2D eigenvalue weighted by atomic mass is 16.7. The van der Waals surface area contributed by atoms with Crippen molar-refractivity contribution in [1.82, 2.24) is 0 Å². The van der Waals surface area contributed by atoms with Gasteiger partial charge in [-0.05, 0) is 44.0 Å². The standard InChI is InChI=1S/C15H20N2O4/c1-4-20-13-6-9(2)11(5-10(13)3)12-7-15(8-16,14(18)19)21-17-12/h5-6H,4,7-8,16H2,1-3H3,(H,18,19). The van der Waals surface area contributed by atoms with Crippen LogP contribution in [0.5, 0.6) is 5.75 Å². The van der Waals surface area contributed by atoms with Crippen LogP contribution in [0.4, 0.5) is 0 Å². The molecule has 0 saturated heterocycles. The second-order valence-corrected chi connectivity index (χ2v) is 5.18. The van der Waals surface area contributed by atoms with Crippen molar-refractivity contribution in [1.29, 1.82) is 0 Å². The maximum atomic E-state index is 11.3. The zero-order valence-corrected chi connectivity index (χ0v) is 12.5. The molecule has 0 saturated carbocycles. The fourth-order valence-electron chi connectivity index (χ4n) is 2.34. The lowest BCUT2D eigenvalue weighted by molar-refractivity contribution is -0.161. The van der Waals surface area contributed by atoms with Crippen molar-refractivity contribution >= 4 is 11.7 Å². The first-order chi connectivity index (χ1) is 9.93. The molecule has 6 nitrogen and oxygen atoms in total. The lowest BCUT2D eigenvalue weighted by atomic mass is 9.91. The summed E-state index contributed by atoms with van der Waals surface area (Å²) in [6, 6.07) is 3.87. The first-order valence-corrected chi connectivity index (χ1v) is 6.86. The van der Waals surface area contributed by atoms with E-state index < -0.39 is 11.6 Å². The van der Waals surface area contributed by atoms with Crippen LogP contribution < -0.4 is 10.5 Å². The molecule has 0 aliphatic carbocycles. The molecule has 1 aromatic carbocycles. The highest BCUT2D eigenvalue weighted by Crippen LogP contribution is 2.30. The van der Waals surface area contributed by atoms with Gasteiger partial charge in [-0.3, -0.25) is 0 Å². The lowest BCUT2D eigenvalue weighted by Crippen LogP contribution is -2.46. The third kappa shape index (κ3) is 2.71. The molecular weight excluding hydrogens is 272 g/mol. The molecule has 0 fully saturated rings. The fraction of sp³-hybridized carbons (Fsp3) is 0.467. The maximum Gasteiger partial charge on any atom is 0.352 e. The van der Waals surface area contributed by atoms with Crippen molar-refractivity contribution in [2.75, 3.05) is 13.2 Å². The number of benzene rings is 1. The van der Waals surface area contributed by atoms with Crippen LogP contribution in [-0.2, 0) is 9.63 Å². The van der Waals surface area contributed by atoms with Gasteiger partial charge in [0, 0.05) is 18.5 Å². The topological polar surface area (TPSA) is 94.1 Å². The second kappa shape index (κ2) is 5.73. The molecule has 1 aromatic rings. The SMILES string of the molecule is CCOc1cc(C)c(C2=NOC(CN)(C(=O)O)C2)cc1C. The van der Waals surface area contributed by atoms with Gasteiger partial charge in [0.2, 0.25) is 0 Å². The van der Waals surface area contributed by atoms with E-state index in [1.807, 2.05) is 32.9 Å². The number of carboxylic acids is 1. The Kier molecular flexibility index (Phi) is 4.18. The number of aliphatic carboxylic acids is 1. The Labute approximate surface area is 123 Å². The van der Waals surface area contributed by atoms with E-state index in [0.29, 0.717) is 12.3 Å².